The van der Waals surface area contributed by atoms with Crippen LogP contribution in [0.3, 0.4) is 0 Å². The van der Waals surface area contributed by atoms with E-state index in [-0.39, 0.29) is 5.91 Å². The second-order valence-electron chi connectivity index (χ2n) is 6.27. The number of nitrogens with zero attached hydrogens (tertiary/aromatic N) is 3. The monoisotopic (exact) mass is 335 g/mol. The molecule has 1 aliphatic rings. The van der Waals surface area contributed by atoms with Crippen molar-refractivity contribution in [2.45, 2.75) is 44.6 Å². The number of carbonyl (C=O) groups excluding carboxylic acids is 1. The summed E-state index contributed by atoms with van der Waals surface area (Å²) in [6.45, 7) is 0. The van der Waals surface area contributed by atoms with Crippen LogP contribution in [0, 0.1) is 11.3 Å². The maximum absolute atomic E-state index is 12.2. The molecule has 0 bridgehead atoms. The summed E-state index contributed by atoms with van der Waals surface area (Å²) in [7, 11) is 0. The zero-order valence-electron chi connectivity index (χ0n) is 14.0. The second-order valence-corrected chi connectivity index (χ2v) is 6.27. The van der Waals surface area contributed by atoms with E-state index in [0.717, 1.165) is 12.8 Å². The van der Waals surface area contributed by atoms with E-state index in [1.54, 1.807) is 24.3 Å². The molecule has 1 aromatic heterocycles. The molecule has 0 aliphatic heterocycles. The largest absolute Gasteiger partial charge is 0.351 e. The van der Waals surface area contributed by atoms with Gasteiger partial charge in [0, 0.05) is 24.1 Å². The van der Waals surface area contributed by atoms with E-state index in [4.69, 9.17) is 5.26 Å². The molecule has 0 radical (unpaired) electrons. The number of anilines is 2. The summed E-state index contributed by atoms with van der Waals surface area (Å²) in [6, 6.07) is 9.17. The normalized spacial score (nSPS) is 15.0. The van der Waals surface area contributed by atoms with Gasteiger partial charge in [-0.2, -0.15) is 5.26 Å². The number of rotatable bonds is 4. The van der Waals surface area contributed by atoms with Crippen molar-refractivity contribution in [2.24, 2.45) is 0 Å². The fourth-order valence-corrected chi connectivity index (χ4v) is 2.96. The Hall–Kier alpha value is -2.94. The molecule has 25 heavy (non-hydrogen) atoms. The van der Waals surface area contributed by atoms with Gasteiger partial charge >= 0.3 is 0 Å². The summed E-state index contributed by atoms with van der Waals surface area (Å²) >= 11 is 0. The molecule has 0 atom stereocenters. The Labute approximate surface area is 147 Å². The van der Waals surface area contributed by atoms with Gasteiger partial charge in [0.15, 0.2) is 0 Å². The Balaban J connectivity index is 1.58. The highest BCUT2D eigenvalue weighted by atomic mass is 16.1. The lowest BCUT2D eigenvalue weighted by atomic mass is 10.1. The smallest absolute Gasteiger partial charge is 0.258 e. The van der Waals surface area contributed by atoms with Gasteiger partial charge in [-0.1, -0.05) is 25.7 Å². The van der Waals surface area contributed by atoms with Crippen LogP contribution in [0.1, 0.15) is 54.4 Å². The van der Waals surface area contributed by atoms with Crippen molar-refractivity contribution in [3.05, 3.63) is 47.8 Å². The first-order valence-corrected chi connectivity index (χ1v) is 8.65. The van der Waals surface area contributed by atoms with Crippen molar-refractivity contribution in [3.63, 3.8) is 0 Å². The van der Waals surface area contributed by atoms with Crippen molar-refractivity contribution < 1.29 is 4.79 Å². The third-order valence-electron chi connectivity index (χ3n) is 4.37. The SMILES string of the molecule is N#Cc1ccc(NC(=O)c2cnc(NC3CCCCCC3)nc2)cc1. The zero-order chi connectivity index (χ0) is 17.5. The molecule has 2 aromatic rings. The molecule has 3 rings (SSSR count). The summed E-state index contributed by atoms with van der Waals surface area (Å²) in [4.78, 5) is 20.8. The molecule has 0 unspecified atom stereocenters. The van der Waals surface area contributed by atoms with Crippen LogP contribution in [0.4, 0.5) is 11.6 Å². The Bertz CT molecular complexity index is 741. The number of aromatic nitrogens is 2. The number of nitrogens with one attached hydrogen (secondary N) is 2. The first-order chi connectivity index (χ1) is 12.2. The second kappa shape index (κ2) is 8.25. The fourth-order valence-electron chi connectivity index (χ4n) is 2.96. The van der Waals surface area contributed by atoms with Crippen LogP contribution in [-0.4, -0.2) is 21.9 Å². The molecule has 1 aromatic carbocycles. The topological polar surface area (TPSA) is 90.7 Å². The summed E-state index contributed by atoms with van der Waals surface area (Å²) in [5, 5.41) is 14.9. The molecule has 0 spiro atoms. The van der Waals surface area contributed by atoms with Gasteiger partial charge in [-0.25, -0.2) is 9.97 Å². The van der Waals surface area contributed by atoms with Crippen LogP contribution < -0.4 is 10.6 Å². The molecule has 2 N–H and O–H groups in total. The number of amides is 1. The van der Waals surface area contributed by atoms with Crippen molar-refractivity contribution in [1.29, 1.82) is 5.26 Å². The predicted molar refractivity (Wildman–Crippen MR) is 96.3 cm³/mol. The molecular formula is C19H21N5O. The molecule has 6 nitrogen and oxygen atoms in total. The average Bonchev–Trinajstić information content (AvgIpc) is 2.91. The van der Waals surface area contributed by atoms with Crippen LogP contribution in [0.5, 0.6) is 0 Å². The fraction of sp³-hybridized carbons (Fsp3) is 0.368. The highest BCUT2D eigenvalue weighted by Crippen LogP contribution is 2.19. The minimum atomic E-state index is -0.272. The number of carbonyl (C=O) groups is 1. The van der Waals surface area contributed by atoms with E-state index in [0.29, 0.717) is 28.8 Å². The Morgan fingerprint density at radius 2 is 1.68 bits per heavy atom. The highest BCUT2D eigenvalue weighted by molar-refractivity contribution is 6.03. The van der Waals surface area contributed by atoms with Gasteiger partial charge in [-0.3, -0.25) is 4.79 Å². The van der Waals surface area contributed by atoms with Gasteiger partial charge < -0.3 is 10.6 Å². The van der Waals surface area contributed by atoms with Crippen LogP contribution in [-0.2, 0) is 0 Å². The third kappa shape index (κ3) is 4.77. The zero-order valence-corrected chi connectivity index (χ0v) is 14.0. The summed E-state index contributed by atoms with van der Waals surface area (Å²) in [5.41, 5.74) is 1.58. The van der Waals surface area contributed by atoms with Crippen molar-refractivity contribution in [1.82, 2.24) is 9.97 Å². The molecular weight excluding hydrogens is 314 g/mol. The first kappa shape index (κ1) is 16.9. The summed E-state index contributed by atoms with van der Waals surface area (Å²) in [5.74, 6) is 0.299. The quantitative estimate of drug-likeness (QED) is 0.831. The van der Waals surface area contributed by atoms with E-state index < -0.39 is 0 Å². The van der Waals surface area contributed by atoms with E-state index >= 15 is 0 Å². The van der Waals surface area contributed by atoms with Crippen LogP contribution in [0.2, 0.25) is 0 Å². The minimum Gasteiger partial charge on any atom is -0.351 e. The van der Waals surface area contributed by atoms with Gasteiger partial charge in [0.1, 0.15) is 0 Å². The molecule has 1 aliphatic carbocycles. The highest BCUT2D eigenvalue weighted by Gasteiger charge is 2.14. The number of nitriles is 1. The summed E-state index contributed by atoms with van der Waals surface area (Å²) < 4.78 is 0. The Morgan fingerprint density at radius 1 is 1.04 bits per heavy atom. The lowest BCUT2D eigenvalue weighted by Crippen LogP contribution is -2.20. The third-order valence-corrected chi connectivity index (χ3v) is 4.37. The molecule has 0 saturated heterocycles. The van der Waals surface area contributed by atoms with Gasteiger partial charge in [0.25, 0.3) is 5.91 Å². The molecule has 1 fully saturated rings. The molecule has 6 heteroatoms. The maximum Gasteiger partial charge on any atom is 0.258 e. The molecule has 1 heterocycles. The maximum atomic E-state index is 12.2. The van der Waals surface area contributed by atoms with Crippen LogP contribution in [0.25, 0.3) is 0 Å². The van der Waals surface area contributed by atoms with Crippen molar-refractivity contribution in [3.8, 4) is 6.07 Å². The lowest BCUT2D eigenvalue weighted by Gasteiger charge is -2.15. The van der Waals surface area contributed by atoms with Crippen molar-refractivity contribution >= 4 is 17.5 Å². The van der Waals surface area contributed by atoms with Crippen LogP contribution in [0.15, 0.2) is 36.7 Å². The van der Waals surface area contributed by atoms with E-state index in [9.17, 15) is 4.79 Å². The number of hydrogen-bond acceptors (Lipinski definition) is 5. The number of benzene rings is 1. The molecule has 128 valence electrons. The van der Waals surface area contributed by atoms with Gasteiger partial charge in [-0.15, -0.1) is 0 Å². The first-order valence-electron chi connectivity index (χ1n) is 8.65. The van der Waals surface area contributed by atoms with Crippen LogP contribution >= 0.6 is 0 Å². The summed E-state index contributed by atoms with van der Waals surface area (Å²) in [6.07, 6.45) is 10.4. The van der Waals surface area contributed by atoms with Gasteiger partial charge in [0.2, 0.25) is 5.95 Å². The molecule has 1 saturated carbocycles. The predicted octanol–water partition coefficient (Wildman–Crippen LogP) is 3.74. The van der Waals surface area contributed by atoms with E-state index in [1.165, 1.54) is 38.1 Å². The van der Waals surface area contributed by atoms with E-state index in [1.807, 2.05) is 6.07 Å². The minimum absolute atomic E-state index is 0.272. The Kier molecular flexibility index (Phi) is 5.57. The Morgan fingerprint density at radius 3 is 2.28 bits per heavy atom. The lowest BCUT2D eigenvalue weighted by molar-refractivity contribution is 0.102. The van der Waals surface area contributed by atoms with Gasteiger partial charge in [-0.05, 0) is 37.1 Å². The number of hydrogen-bond donors (Lipinski definition) is 2. The van der Waals surface area contributed by atoms with Crippen molar-refractivity contribution in [2.75, 3.05) is 10.6 Å². The molecule has 1 amide bonds. The standard InChI is InChI=1S/C19H21N5O/c20-11-14-7-9-17(10-8-14)23-18(25)15-12-21-19(22-13-15)24-16-5-3-1-2-4-6-16/h7-10,12-13,16H,1-6H2,(H,23,25)(H,21,22,24). The van der Waals surface area contributed by atoms with E-state index in [2.05, 4.69) is 20.6 Å². The van der Waals surface area contributed by atoms with Gasteiger partial charge in [0.05, 0.1) is 17.2 Å². The average molecular weight is 335 g/mol.